The summed E-state index contributed by atoms with van der Waals surface area (Å²) < 4.78 is 13.9. The summed E-state index contributed by atoms with van der Waals surface area (Å²) >= 11 is 1.39. The largest absolute Gasteiger partial charge is 0.349 e. The molecule has 0 unspecified atom stereocenters. The second-order valence-corrected chi connectivity index (χ2v) is 10.1. The van der Waals surface area contributed by atoms with Crippen molar-refractivity contribution in [3.8, 4) is 10.4 Å². The van der Waals surface area contributed by atoms with Gasteiger partial charge >= 0.3 is 0 Å². The van der Waals surface area contributed by atoms with Gasteiger partial charge in [0.25, 0.3) is 11.8 Å². The van der Waals surface area contributed by atoms with Crippen molar-refractivity contribution in [3.05, 3.63) is 70.7 Å². The number of carbonyl (C=O) groups is 2. The van der Waals surface area contributed by atoms with Crippen molar-refractivity contribution in [1.82, 2.24) is 25.4 Å². The van der Waals surface area contributed by atoms with Gasteiger partial charge in [-0.15, -0.1) is 11.3 Å². The topological polar surface area (TPSA) is 91.0 Å². The summed E-state index contributed by atoms with van der Waals surface area (Å²) in [5.41, 5.74) is 2.15. The zero-order valence-electron chi connectivity index (χ0n) is 18.4. The summed E-state index contributed by atoms with van der Waals surface area (Å²) in [5.74, 6) is -0.320. The molecule has 2 aromatic carbocycles. The molecule has 2 fully saturated rings. The van der Waals surface area contributed by atoms with Crippen molar-refractivity contribution >= 4 is 34.1 Å². The number of hydrogen-bond acceptors (Lipinski definition) is 5. The maximum atomic E-state index is 13.9. The first kappa shape index (κ1) is 21.0. The number of thiazole rings is 1. The van der Waals surface area contributed by atoms with Crippen molar-refractivity contribution in [2.45, 2.75) is 31.8 Å². The van der Waals surface area contributed by atoms with Crippen LogP contribution in [0.5, 0.6) is 0 Å². The fourth-order valence-electron chi connectivity index (χ4n) is 5.01. The number of amides is 2. The quantitative estimate of drug-likeness (QED) is 0.453. The van der Waals surface area contributed by atoms with E-state index in [0.29, 0.717) is 34.3 Å². The maximum Gasteiger partial charge on any atom is 0.274 e. The van der Waals surface area contributed by atoms with E-state index < -0.39 is 0 Å². The molecule has 2 N–H and O–H groups in total. The fourth-order valence-corrected chi connectivity index (χ4v) is 5.91. The van der Waals surface area contributed by atoms with Crippen LogP contribution in [-0.4, -0.2) is 50.5 Å². The first-order chi connectivity index (χ1) is 16.5. The van der Waals surface area contributed by atoms with E-state index in [2.05, 4.69) is 20.5 Å². The highest BCUT2D eigenvalue weighted by Crippen LogP contribution is 2.48. The van der Waals surface area contributed by atoms with Gasteiger partial charge in [-0.05, 0) is 49.4 Å². The SMILES string of the molecule is Cc1nc(C(=O)N2[C@H](CNC(=O)c3n[nH]c4ccccc34)C[C@@H]3C[C@@H]32)c(-c2cccc(F)c2)s1. The number of carbonyl (C=O) groups excluding carboxylic acids is 2. The molecule has 1 aliphatic heterocycles. The molecular formula is C25H22FN5O2S. The number of piperidine rings is 1. The van der Waals surface area contributed by atoms with Gasteiger partial charge in [-0.25, -0.2) is 9.37 Å². The van der Waals surface area contributed by atoms with Crippen molar-refractivity contribution in [3.63, 3.8) is 0 Å². The van der Waals surface area contributed by atoms with E-state index in [1.165, 1.54) is 23.5 Å². The Morgan fingerprint density at radius 1 is 1.18 bits per heavy atom. The molecular weight excluding hydrogens is 453 g/mol. The van der Waals surface area contributed by atoms with Crippen LogP contribution in [0.4, 0.5) is 4.39 Å². The van der Waals surface area contributed by atoms with Gasteiger partial charge in [0, 0.05) is 18.0 Å². The fraction of sp³-hybridized carbons (Fsp3) is 0.280. The Morgan fingerprint density at radius 2 is 2.03 bits per heavy atom. The van der Waals surface area contributed by atoms with Gasteiger partial charge in [-0.3, -0.25) is 14.7 Å². The van der Waals surface area contributed by atoms with Gasteiger partial charge in [0.15, 0.2) is 5.69 Å². The minimum absolute atomic E-state index is 0.118. The molecule has 1 saturated heterocycles. The minimum Gasteiger partial charge on any atom is -0.349 e. The van der Waals surface area contributed by atoms with Gasteiger partial charge in [-0.2, -0.15) is 5.10 Å². The van der Waals surface area contributed by atoms with Crippen LogP contribution in [0.1, 0.15) is 38.8 Å². The Bertz CT molecular complexity index is 1430. The monoisotopic (exact) mass is 475 g/mol. The zero-order chi connectivity index (χ0) is 23.4. The number of H-pyrrole nitrogens is 1. The smallest absolute Gasteiger partial charge is 0.274 e. The third-order valence-electron chi connectivity index (χ3n) is 6.65. The van der Waals surface area contributed by atoms with E-state index >= 15 is 0 Å². The number of aromatic nitrogens is 3. The minimum atomic E-state index is -0.350. The standard InChI is InChI=1S/C25H22FN5O2S/c1-13-28-22(23(34-13)14-5-4-6-16(26)9-14)25(33)31-17(10-15-11-20(15)31)12-27-24(32)21-18-7-2-3-8-19(18)29-30-21/h2-9,15,17,20H,10-12H2,1H3,(H,27,32)(H,29,30)/t15-,17+,20+/m1/s1. The normalized spacial score (nSPS) is 21.0. The van der Waals surface area contributed by atoms with Crippen LogP contribution in [0, 0.1) is 18.7 Å². The molecule has 3 heterocycles. The molecule has 2 amide bonds. The lowest BCUT2D eigenvalue weighted by Gasteiger charge is -2.27. The highest BCUT2D eigenvalue weighted by atomic mass is 32.1. The van der Waals surface area contributed by atoms with E-state index in [1.807, 2.05) is 36.1 Å². The third kappa shape index (κ3) is 3.56. The summed E-state index contributed by atoms with van der Waals surface area (Å²) in [4.78, 5) is 33.6. The molecule has 6 rings (SSSR count). The molecule has 1 aliphatic carbocycles. The van der Waals surface area contributed by atoms with Crippen LogP contribution in [-0.2, 0) is 0 Å². The van der Waals surface area contributed by atoms with Crippen molar-refractivity contribution < 1.29 is 14.0 Å². The number of benzene rings is 2. The summed E-state index contributed by atoms with van der Waals surface area (Å²) in [5, 5.41) is 11.5. The first-order valence-electron chi connectivity index (χ1n) is 11.3. The summed E-state index contributed by atoms with van der Waals surface area (Å²) in [6.45, 7) is 2.19. The average molecular weight is 476 g/mol. The second-order valence-electron chi connectivity index (χ2n) is 8.91. The molecule has 3 atom stereocenters. The number of likely N-dealkylation sites (tertiary alicyclic amines) is 1. The van der Waals surface area contributed by atoms with E-state index in [9.17, 15) is 14.0 Å². The Kier molecular flexibility index (Phi) is 4.95. The van der Waals surface area contributed by atoms with E-state index in [4.69, 9.17) is 0 Å². The molecule has 2 aliphatic rings. The van der Waals surface area contributed by atoms with Crippen LogP contribution in [0.25, 0.3) is 21.3 Å². The van der Waals surface area contributed by atoms with Gasteiger partial charge in [0.1, 0.15) is 11.5 Å². The molecule has 0 spiro atoms. The van der Waals surface area contributed by atoms with Gasteiger partial charge < -0.3 is 10.2 Å². The van der Waals surface area contributed by atoms with E-state index in [-0.39, 0.29) is 29.7 Å². The van der Waals surface area contributed by atoms with Crippen LogP contribution < -0.4 is 5.32 Å². The number of nitrogens with zero attached hydrogens (tertiary/aromatic N) is 3. The van der Waals surface area contributed by atoms with Crippen molar-refractivity contribution in [2.24, 2.45) is 5.92 Å². The molecule has 4 aromatic rings. The third-order valence-corrected chi connectivity index (χ3v) is 7.67. The summed E-state index contributed by atoms with van der Waals surface area (Å²) in [6, 6.07) is 13.8. The number of nitrogens with one attached hydrogen (secondary N) is 2. The van der Waals surface area contributed by atoms with Crippen molar-refractivity contribution in [1.29, 1.82) is 0 Å². The summed E-state index contributed by atoms with van der Waals surface area (Å²) in [7, 11) is 0. The molecule has 1 saturated carbocycles. The second kappa shape index (κ2) is 8.02. The number of aryl methyl sites for hydroxylation is 1. The average Bonchev–Trinajstić information content (AvgIpc) is 3.17. The zero-order valence-corrected chi connectivity index (χ0v) is 19.2. The highest BCUT2D eigenvalue weighted by Gasteiger charge is 2.54. The van der Waals surface area contributed by atoms with Crippen LogP contribution >= 0.6 is 11.3 Å². The molecule has 2 aromatic heterocycles. The van der Waals surface area contributed by atoms with E-state index in [0.717, 1.165) is 28.8 Å². The predicted octanol–water partition coefficient (Wildman–Crippen LogP) is 4.17. The lowest BCUT2D eigenvalue weighted by atomic mass is 10.1. The number of fused-ring (bicyclic) bond motifs is 2. The molecule has 172 valence electrons. The lowest BCUT2D eigenvalue weighted by Crippen LogP contribution is -2.45. The molecule has 34 heavy (non-hydrogen) atoms. The number of aromatic amines is 1. The van der Waals surface area contributed by atoms with Gasteiger partial charge in [0.05, 0.1) is 21.4 Å². The Balaban J connectivity index is 1.23. The number of para-hydroxylation sites is 1. The van der Waals surface area contributed by atoms with Gasteiger partial charge in [-0.1, -0.05) is 30.3 Å². The lowest BCUT2D eigenvalue weighted by molar-refractivity contribution is 0.0684. The maximum absolute atomic E-state index is 13.9. The highest BCUT2D eigenvalue weighted by molar-refractivity contribution is 7.15. The number of halogens is 1. The molecule has 0 radical (unpaired) electrons. The summed E-state index contributed by atoms with van der Waals surface area (Å²) in [6.07, 6.45) is 1.81. The van der Waals surface area contributed by atoms with Crippen LogP contribution in [0.3, 0.4) is 0 Å². The Labute approximate surface area is 199 Å². The van der Waals surface area contributed by atoms with Gasteiger partial charge in [0.2, 0.25) is 0 Å². The van der Waals surface area contributed by atoms with Crippen LogP contribution in [0.2, 0.25) is 0 Å². The molecule has 7 nitrogen and oxygen atoms in total. The first-order valence-corrected chi connectivity index (χ1v) is 12.1. The Morgan fingerprint density at radius 3 is 2.88 bits per heavy atom. The Hall–Kier alpha value is -3.59. The van der Waals surface area contributed by atoms with E-state index in [1.54, 1.807) is 12.1 Å². The number of hydrogen-bond donors (Lipinski definition) is 2. The number of rotatable bonds is 5. The molecule has 9 heteroatoms. The molecule has 0 bridgehead atoms. The predicted molar refractivity (Wildman–Crippen MR) is 127 cm³/mol. The van der Waals surface area contributed by atoms with Crippen LogP contribution in [0.15, 0.2) is 48.5 Å². The van der Waals surface area contributed by atoms with Crippen molar-refractivity contribution in [2.75, 3.05) is 6.54 Å².